The lowest BCUT2D eigenvalue weighted by Crippen LogP contribution is -2.44. The number of nitrogens with one attached hydrogen (secondary N) is 1. The van der Waals surface area contributed by atoms with Crippen molar-refractivity contribution in [3.63, 3.8) is 0 Å². The summed E-state index contributed by atoms with van der Waals surface area (Å²) in [5, 5.41) is 24.0. The van der Waals surface area contributed by atoms with E-state index in [1.54, 1.807) is 6.07 Å². The molecule has 0 unspecified atom stereocenters. The number of aromatic nitrogens is 3. The summed E-state index contributed by atoms with van der Waals surface area (Å²) in [4.78, 5) is 17.7. The third-order valence-electron chi connectivity index (χ3n) is 5.66. The fraction of sp³-hybridized carbons (Fsp3) is 0.348. The van der Waals surface area contributed by atoms with E-state index in [4.69, 9.17) is 19.7 Å². The quantitative estimate of drug-likeness (QED) is 0.395. The van der Waals surface area contributed by atoms with Crippen molar-refractivity contribution in [1.29, 1.82) is 0 Å². The van der Waals surface area contributed by atoms with E-state index in [1.165, 1.54) is 23.5 Å². The molecule has 1 fully saturated rings. The van der Waals surface area contributed by atoms with Crippen LogP contribution in [0.3, 0.4) is 0 Å². The van der Waals surface area contributed by atoms with Gasteiger partial charge < -0.3 is 25.2 Å². The van der Waals surface area contributed by atoms with Crippen molar-refractivity contribution in [3.8, 4) is 28.6 Å². The standard InChI is InChI=1S/C23H25N5O3S/c1-3-13-11-15(14-5-6-16(29)17(30)12-14)25-22-18(13)19-20(32-22)21(31-4-2)27-23(26-19)28-9-7-24-8-10-28/h5-6,11-12,24,29-30H,3-4,7-10H2,1-2H3. The van der Waals surface area contributed by atoms with Gasteiger partial charge in [0.2, 0.25) is 11.8 Å². The Hall–Kier alpha value is -3.17. The number of phenolic OH excluding ortho intramolecular Hbond substituents is 2. The van der Waals surface area contributed by atoms with Gasteiger partial charge in [-0.3, -0.25) is 0 Å². The number of thiophene rings is 1. The third-order valence-corrected chi connectivity index (χ3v) is 6.72. The number of pyridine rings is 1. The van der Waals surface area contributed by atoms with E-state index in [0.717, 1.165) is 69.9 Å². The van der Waals surface area contributed by atoms with Gasteiger partial charge in [0, 0.05) is 37.1 Å². The van der Waals surface area contributed by atoms with Crippen LogP contribution >= 0.6 is 11.3 Å². The summed E-state index contributed by atoms with van der Waals surface area (Å²) in [5.41, 5.74) is 3.48. The number of hydrogen-bond donors (Lipinski definition) is 3. The average molecular weight is 452 g/mol. The van der Waals surface area contributed by atoms with Crippen molar-refractivity contribution < 1.29 is 14.9 Å². The number of anilines is 1. The number of hydrogen-bond acceptors (Lipinski definition) is 9. The predicted molar refractivity (Wildman–Crippen MR) is 127 cm³/mol. The highest BCUT2D eigenvalue weighted by atomic mass is 32.1. The highest BCUT2D eigenvalue weighted by molar-refractivity contribution is 7.25. The number of aromatic hydroxyl groups is 2. The van der Waals surface area contributed by atoms with Crippen molar-refractivity contribution in [1.82, 2.24) is 20.3 Å². The van der Waals surface area contributed by atoms with E-state index in [-0.39, 0.29) is 11.5 Å². The second-order valence-electron chi connectivity index (χ2n) is 7.68. The molecule has 8 nitrogen and oxygen atoms in total. The summed E-state index contributed by atoms with van der Waals surface area (Å²) in [7, 11) is 0. The van der Waals surface area contributed by atoms with Crippen LogP contribution in [0.5, 0.6) is 17.4 Å². The number of aryl methyl sites for hydroxylation is 1. The van der Waals surface area contributed by atoms with E-state index in [2.05, 4.69) is 17.1 Å². The number of nitrogens with zero attached hydrogens (tertiary/aromatic N) is 4. The molecular formula is C23H25N5O3S. The van der Waals surface area contributed by atoms with Crippen LogP contribution in [0.1, 0.15) is 19.4 Å². The molecule has 1 saturated heterocycles. The Morgan fingerprint density at radius 2 is 1.88 bits per heavy atom. The summed E-state index contributed by atoms with van der Waals surface area (Å²) >= 11 is 1.53. The van der Waals surface area contributed by atoms with Crippen LogP contribution in [-0.4, -0.2) is 58.0 Å². The van der Waals surface area contributed by atoms with Crippen LogP contribution in [0, 0.1) is 0 Å². The molecule has 4 aromatic rings. The first-order valence-corrected chi connectivity index (χ1v) is 11.7. The first-order valence-electron chi connectivity index (χ1n) is 10.8. The molecule has 5 rings (SSSR count). The summed E-state index contributed by atoms with van der Waals surface area (Å²) < 4.78 is 6.82. The van der Waals surface area contributed by atoms with Crippen molar-refractivity contribution in [2.45, 2.75) is 20.3 Å². The van der Waals surface area contributed by atoms with E-state index < -0.39 is 0 Å². The minimum absolute atomic E-state index is 0.149. The molecular weight excluding hydrogens is 426 g/mol. The molecule has 0 atom stereocenters. The maximum absolute atomic E-state index is 9.95. The maximum atomic E-state index is 9.95. The lowest BCUT2D eigenvalue weighted by molar-refractivity contribution is 0.331. The van der Waals surface area contributed by atoms with Crippen LogP contribution < -0.4 is 15.0 Å². The van der Waals surface area contributed by atoms with Gasteiger partial charge in [-0.25, -0.2) is 9.97 Å². The molecule has 0 saturated carbocycles. The Labute approximate surface area is 189 Å². The Bertz CT molecular complexity index is 1300. The van der Waals surface area contributed by atoms with E-state index in [0.29, 0.717) is 18.4 Å². The molecule has 166 valence electrons. The number of phenols is 2. The molecule has 4 heterocycles. The van der Waals surface area contributed by atoms with Gasteiger partial charge in [-0.2, -0.15) is 4.98 Å². The Kier molecular flexibility index (Phi) is 5.44. The normalized spacial score (nSPS) is 14.4. The van der Waals surface area contributed by atoms with Gasteiger partial charge in [0.1, 0.15) is 15.0 Å². The second-order valence-corrected chi connectivity index (χ2v) is 8.68. The topological polar surface area (TPSA) is 104 Å². The fourth-order valence-electron chi connectivity index (χ4n) is 4.03. The molecule has 0 amide bonds. The Morgan fingerprint density at radius 3 is 2.59 bits per heavy atom. The summed E-state index contributed by atoms with van der Waals surface area (Å²) in [6, 6.07) is 6.80. The number of piperazine rings is 1. The molecule has 1 aliphatic heterocycles. The fourth-order valence-corrected chi connectivity index (χ4v) is 5.13. The van der Waals surface area contributed by atoms with Crippen LogP contribution in [-0.2, 0) is 6.42 Å². The summed E-state index contributed by atoms with van der Waals surface area (Å²) in [6.07, 6.45) is 0.804. The first kappa shape index (κ1) is 20.7. The van der Waals surface area contributed by atoms with Crippen LogP contribution in [0.4, 0.5) is 5.95 Å². The third kappa shape index (κ3) is 3.57. The minimum Gasteiger partial charge on any atom is -0.504 e. The zero-order valence-corrected chi connectivity index (χ0v) is 18.9. The van der Waals surface area contributed by atoms with Gasteiger partial charge in [0.25, 0.3) is 0 Å². The summed E-state index contributed by atoms with van der Waals surface area (Å²) in [6.45, 7) is 8.10. The molecule has 3 aromatic heterocycles. The zero-order chi connectivity index (χ0) is 22.2. The predicted octanol–water partition coefficient (Wildman–Crippen LogP) is 3.69. The van der Waals surface area contributed by atoms with Crippen molar-refractivity contribution >= 4 is 37.7 Å². The van der Waals surface area contributed by atoms with E-state index in [9.17, 15) is 10.2 Å². The van der Waals surface area contributed by atoms with E-state index >= 15 is 0 Å². The van der Waals surface area contributed by atoms with Gasteiger partial charge >= 0.3 is 0 Å². The average Bonchev–Trinajstić information content (AvgIpc) is 3.20. The van der Waals surface area contributed by atoms with Gasteiger partial charge in [-0.1, -0.05) is 6.92 Å². The SMILES string of the molecule is CCOc1nc(N2CCNCC2)nc2c1sc1nc(-c3ccc(O)c(O)c3)cc(CC)c12. The van der Waals surface area contributed by atoms with Crippen LogP contribution in [0.2, 0.25) is 0 Å². The maximum Gasteiger partial charge on any atom is 0.236 e. The monoisotopic (exact) mass is 451 g/mol. The molecule has 0 spiro atoms. The second kappa shape index (κ2) is 8.40. The summed E-state index contributed by atoms with van der Waals surface area (Å²) in [5.74, 6) is 0.977. The number of rotatable bonds is 5. The number of ether oxygens (including phenoxy) is 1. The molecule has 0 bridgehead atoms. The zero-order valence-electron chi connectivity index (χ0n) is 18.1. The molecule has 9 heteroatoms. The highest BCUT2D eigenvalue weighted by Crippen LogP contribution is 2.41. The smallest absolute Gasteiger partial charge is 0.236 e. The molecule has 1 aliphatic rings. The first-order chi connectivity index (χ1) is 15.6. The van der Waals surface area contributed by atoms with E-state index in [1.807, 2.05) is 13.0 Å². The molecule has 32 heavy (non-hydrogen) atoms. The van der Waals surface area contributed by atoms with Gasteiger partial charge in [0.15, 0.2) is 11.5 Å². The lowest BCUT2D eigenvalue weighted by Gasteiger charge is -2.27. The lowest BCUT2D eigenvalue weighted by atomic mass is 10.0. The van der Waals surface area contributed by atoms with Crippen molar-refractivity contribution in [2.75, 3.05) is 37.7 Å². The minimum atomic E-state index is -0.163. The van der Waals surface area contributed by atoms with Gasteiger partial charge in [-0.05, 0) is 43.2 Å². The van der Waals surface area contributed by atoms with Gasteiger partial charge in [0.05, 0.1) is 12.3 Å². The van der Waals surface area contributed by atoms with Crippen molar-refractivity contribution in [2.24, 2.45) is 0 Å². The van der Waals surface area contributed by atoms with Crippen LogP contribution in [0.25, 0.3) is 31.7 Å². The molecule has 0 radical (unpaired) electrons. The van der Waals surface area contributed by atoms with Gasteiger partial charge in [-0.15, -0.1) is 11.3 Å². The Balaban J connectivity index is 1.73. The van der Waals surface area contributed by atoms with Crippen LogP contribution in [0.15, 0.2) is 24.3 Å². The highest BCUT2D eigenvalue weighted by Gasteiger charge is 2.22. The number of benzene rings is 1. The Morgan fingerprint density at radius 1 is 1.06 bits per heavy atom. The molecule has 3 N–H and O–H groups in total. The molecule has 1 aromatic carbocycles. The number of fused-ring (bicyclic) bond motifs is 3. The molecule has 0 aliphatic carbocycles. The van der Waals surface area contributed by atoms with Crippen molar-refractivity contribution in [3.05, 3.63) is 29.8 Å². The largest absolute Gasteiger partial charge is 0.504 e.